The summed E-state index contributed by atoms with van der Waals surface area (Å²) < 4.78 is 22.5. The molecule has 1 aromatic rings. The van der Waals surface area contributed by atoms with Crippen molar-refractivity contribution in [2.75, 3.05) is 16.9 Å². The fourth-order valence-electron chi connectivity index (χ4n) is 3.59. The van der Waals surface area contributed by atoms with Crippen molar-refractivity contribution in [3.8, 4) is 0 Å². The van der Waals surface area contributed by atoms with E-state index in [0.717, 1.165) is 24.3 Å². The van der Waals surface area contributed by atoms with Gasteiger partial charge in [0.2, 0.25) is 5.37 Å². The van der Waals surface area contributed by atoms with Crippen LogP contribution < -0.4 is 10.6 Å². The Hall–Kier alpha value is -3.48. The second-order valence-electron chi connectivity index (χ2n) is 9.48. The Kier molecular flexibility index (Phi) is 10.5. The number of thiazole rings is 1. The van der Waals surface area contributed by atoms with Gasteiger partial charge in [0.15, 0.2) is 35.6 Å². The van der Waals surface area contributed by atoms with Crippen LogP contribution in [0.2, 0.25) is 0 Å². The number of β-lactam (4-membered cyclic amide) rings is 1. The van der Waals surface area contributed by atoms with Gasteiger partial charge in [0, 0.05) is 11.0 Å². The van der Waals surface area contributed by atoms with Crippen molar-refractivity contribution >= 4 is 89.5 Å². The topological polar surface area (TPSA) is 206 Å². The zero-order valence-corrected chi connectivity index (χ0v) is 24.6. The minimum absolute atomic E-state index is 0.00804. The van der Waals surface area contributed by atoms with Gasteiger partial charge >= 0.3 is 14.1 Å². The Morgan fingerprint density at radius 3 is 2.68 bits per heavy atom. The number of anilines is 1. The van der Waals surface area contributed by atoms with Crippen molar-refractivity contribution in [1.29, 1.82) is 0 Å². The van der Waals surface area contributed by atoms with E-state index in [2.05, 4.69) is 25.4 Å². The Morgan fingerprint density at radius 1 is 1.39 bits per heavy atom. The molecular weight excluding hydrogens is 605 g/mol. The molecule has 0 bridgehead atoms. The molecule has 0 aliphatic carbocycles. The number of rotatable bonds is 11. The molecule has 2 aliphatic rings. The predicted molar refractivity (Wildman–Crippen MR) is 148 cm³/mol. The van der Waals surface area contributed by atoms with E-state index in [0.29, 0.717) is 11.9 Å². The normalized spacial score (nSPS) is 21.2. The van der Waals surface area contributed by atoms with Crippen LogP contribution in [0, 0.1) is 0 Å². The molecule has 0 saturated carbocycles. The fourth-order valence-corrected chi connectivity index (χ4v) is 6.32. The van der Waals surface area contributed by atoms with Gasteiger partial charge in [-0.25, -0.2) is 9.78 Å². The number of hydrogen-bond acceptors (Lipinski definition) is 13. The minimum Gasteiger partial charge on any atom is -0.614 e. The summed E-state index contributed by atoms with van der Waals surface area (Å²) >= 11 is 5.04. The van der Waals surface area contributed by atoms with E-state index in [1.807, 2.05) is 0 Å². The van der Waals surface area contributed by atoms with E-state index in [-0.39, 0.29) is 34.4 Å². The first-order valence-electron chi connectivity index (χ1n) is 11.8. The lowest BCUT2D eigenvalue weighted by molar-refractivity contribution is -0.146. The lowest BCUT2D eigenvalue weighted by Gasteiger charge is -2.48. The Balaban J connectivity index is 1.86. The Labute approximate surface area is 246 Å². The van der Waals surface area contributed by atoms with Gasteiger partial charge in [0.05, 0.1) is 18.0 Å². The summed E-state index contributed by atoms with van der Waals surface area (Å²) in [6.07, 6.45) is -2.04. The van der Waals surface area contributed by atoms with Crippen LogP contribution in [-0.4, -0.2) is 99.4 Å². The van der Waals surface area contributed by atoms with Crippen molar-refractivity contribution in [3.63, 3.8) is 0 Å². The lowest BCUT2D eigenvalue weighted by atomic mass is 10.0. The second kappa shape index (κ2) is 13.5. The van der Waals surface area contributed by atoms with Crippen LogP contribution in [-0.2, 0) is 49.4 Å². The molecule has 19 heteroatoms. The van der Waals surface area contributed by atoms with Gasteiger partial charge < -0.3 is 24.1 Å². The van der Waals surface area contributed by atoms with Crippen molar-refractivity contribution in [1.82, 2.24) is 15.2 Å². The van der Waals surface area contributed by atoms with E-state index in [9.17, 15) is 33.3 Å². The number of allylic oxidation sites excluding steroid dienone is 1. The van der Waals surface area contributed by atoms with E-state index in [1.54, 1.807) is 20.8 Å². The summed E-state index contributed by atoms with van der Waals surface area (Å²) in [5.41, 5.74) is -1.13. The maximum atomic E-state index is 13.3. The third-order valence-corrected chi connectivity index (χ3v) is 8.14. The van der Waals surface area contributed by atoms with E-state index >= 15 is 0 Å². The first kappa shape index (κ1) is 32.0. The molecule has 3 amide bonds. The number of alkyl halides is 1. The largest absolute Gasteiger partial charge is 0.614 e. The molecule has 3 heterocycles. The highest BCUT2D eigenvalue weighted by molar-refractivity contribution is 7.92. The molecule has 1 fully saturated rings. The molecular formula is C22H25BClN5O10S2. The number of aromatic nitrogens is 1. The number of oxime groups is 1. The predicted octanol–water partition coefficient (Wildman–Crippen LogP) is -0.633. The number of ether oxygens (including phenoxy) is 1. The molecule has 41 heavy (non-hydrogen) atoms. The standard InChI is InChI=1S/C22H25BClN5O10S2/c1-22(2,3)37-21(35)27-20-25-12(8-40-20)15(28-39-11(6-30)4-14(32)38-23)17(33)26-16-18(34)29-13(7-31)10(5-24)9-41(36)19(16)29/h6-8,11,16,19H,4-5,9,23H2,1-3H3,(H,26,33)(H,25,27,35)/b28-15-/t11-,16+,19+,41?/m0/s1. The van der Waals surface area contributed by atoms with Gasteiger partial charge in [-0.05, 0) is 31.9 Å². The molecule has 15 nitrogen and oxygen atoms in total. The highest BCUT2D eigenvalue weighted by Gasteiger charge is 2.59. The summed E-state index contributed by atoms with van der Waals surface area (Å²) in [6.45, 7) is 4.99. The number of carbonyl (C=O) groups is 6. The summed E-state index contributed by atoms with van der Waals surface area (Å²) in [7, 11) is 1.11. The van der Waals surface area contributed by atoms with Gasteiger partial charge in [-0.3, -0.25) is 34.2 Å². The number of nitrogens with one attached hydrogen (secondary N) is 2. The van der Waals surface area contributed by atoms with E-state index in [4.69, 9.17) is 21.2 Å². The van der Waals surface area contributed by atoms with Crippen LogP contribution in [0.25, 0.3) is 0 Å². The molecule has 2 aliphatic heterocycles. The number of aldehydes is 2. The van der Waals surface area contributed by atoms with Gasteiger partial charge in [-0.1, -0.05) is 5.16 Å². The summed E-state index contributed by atoms with van der Waals surface area (Å²) in [4.78, 5) is 83.1. The number of carbonyl (C=O) groups excluding carboxylic acids is 6. The second-order valence-corrected chi connectivity index (χ2v) is 12.1. The average Bonchev–Trinajstić information content (AvgIpc) is 3.36. The molecule has 2 N–H and O–H groups in total. The number of halogens is 1. The third kappa shape index (κ3) is 7.63. The summed E-state index contributed by atoms with van der Waals surface area (Å²) in [6, 6.07) is -1.30. The molecule has 0 spiro atoms. The maximum absolute atomic E-state index is 13.3. The van der Waals surface area contributed by atoms with Gasteiger partial charge in [0.1, 0.15) is 17.0 Å². The molecule has 4 atom stereocenters. The van der Waals surface area contributed by atoms with Crippen molar-refractivity contribution in [2.45, 2.75) is 50.3 Å². The smallest absolute Gasteiger partial charge is 0.413 e. The van der Waals surface area contributed by atoms with Crippen molar-refractivity contribution in [3.05, 3.63) is 22.3 Å². The number of fused-ring (bicyclic) bond motifs is 1. The zero-order chi connectivity index (χ0) is 30.5. The van der Waals surface area contributed by atoms with Gasteiger partial charge in [0.25, 0.3) is 17.8 Å². The highest BCUT2D eigenvalue weighted by Crippen LogP contribution is 2.36. The van der Waals surface area contributed by atoms with E-state index < -0.39 is 70.3 Å². The van der Waals surface area contributed by atoms with E-state index in [1.165, 1.54) is 5.38 Å². The summed E-state index contributed by atoms with van der Waals surface area (Å²) in [5.74, 6) is -2.67. The highest BCUT2D eigenvalue weighted by atomic mass is 35.5. The third-order valence-electron chi connectivity index (χ3n) is 5.41. The van der Waals surface area contributed by atoms with Crippen LogP contribution >= 0.6 is 22.9 Å². The van der Waals surface area contributed by atoms with Crippen LogP contribution in [0.5, 0.6) is 0 Å². The monoisotopic (exact) mass is 629 g/mol. The fraction of sp³-hybridized carbons (Fsp3) is 0.455. The molecule has 3 rings (SSSR count). The molecule has 0 radical (unpaired) electrons. The minimum atomic E-state index is -1.69. The molecule has 0 aromatic carbocycles. The number of amides is 3. The Morgan fingerprint density at radius 2 is 2.10 bits per heavy atom. The SMILES string of the molecule is BOC(=O)C[C@@H](C=O)O/N=C(\C(=O)N[C@@H]1C(=O)N2C(C=O)=C(CCl)C[S+]([O-])[C@H]12)c1csc(NC(=O)OC(C)(C)C)n1. The lowest BCUT2D eigenvalue weighted by Crippen LogP contribution is -2.74. The first-order chi connectivity index (χ1) is 19.3. The maximum Gasteiger partial charge on any atom is 0.413 e. The van der Waals surface area contributed by atoms with Gasteiger partial charge in [-0.15, -0.1) is 22.9 Å². The quantitative estimate of drug-likeness (QED) is 0.0599. The molecule has 220 valence electrons. The number of hydrogen-bond donors (Lipinski definition) is 2. The van der Waals surface area contributed by atoms with Crippen LogP contribution in [0.1, 0.15) is 32.9 Å². The zero-order valence-electron chi connectivity index (χ0n) is 22.2. The number of nitrogens with zero attached hydrogens (tertiary/aromatic N) is 3. The van der Waals surface area contributed by atoms with Crippen LogP contribution in [0.4, 0.5) is 9.93 Å². The Bertz CT molecular complexity index is 1300. The van der Waals surface area contributed by atoms with Gasteiger partial charge in [-0.2, -0.15) is 0 Å². The van der Waals surface area contributed by atoms with Crippen LogP contribution in [0.15, 0.2) is 21.8 Å². The molecule has 1 aromatic heterocycles. The molecule has 1 unspecified atom stereocenters. The first-order valence-corrected chi connectivity index (χ1v) is 14.6. The van der Waals surface area contributed by atoms with Crippen LogP contribution in [0.3, 0.4) is 0 Å². The molecule has 1 saturated heterocycles. The average molecular weight is 630 g/mol. The van der Waals surface area contributed by atoms with Crippen molar-refractivity contribution in [2.24, 2.45) is 5.16 Å². The summed E-state index contributed by atoms with van der Waals surface area (Å²) in [5, 5.41) is 8.84. The van der Waals surface area contributed by atoms with Crippen molar-refractivity contribution < 1.29 is 47.5 Å².